The summed E-state index contributed by atoms with van der Waals surface area (Å²) < 4.78 is 10.8. The van der Waals surface area contributed by atoms with Crippen LogP contribution in [-0.4, -0.2) is 38.0 Å². The highest BCUT2D eigenvalue weighted by molar-refractivity contribution is 14.0. The van der Waals surface area contributed by atoms with Gasteiger partial charge in [-0.3, -0.25) is 4.99 Å². The Morgan fingerprint density at radius 1 is 1.35 bits per heavy atom. The molecule has 1 fully saturated rings. The standard InChI is InChI=1S/C11H23N3O2.HI/c1-3-15-10(16-4-2)7-8-13-11(12)14-9-5-6-9;/h9-10H,3-8H2,1-2H3,(H3,12,13,14);1H. The van der Waals surface area contributed by atoms with Crippen LogP contribution in [0.2, 0.25) is 0 Å². The van der Waals surface area contributed by atoms with Crippen molar-refractivity contribution in [1.82, 2.24) is 5.32 Å². The van der Waals surface area contributed by atoms with Crippen molar-refractivity contribution in [2.24, 2.45) is 10.7 Å². The van der Waals surface area contributed by atoms with Gasteiger partial charge in [-0.25, -0.2) is 0 Å². The molecule has 0 bridgehead atoms. The van der Waals surface area contributed by atoms with Gasteiger partial charge in [-0.2, -0.15) is 0 Å². The number of ether oxygens (including phenoxy) is 2. The van der Waals surface area contributed by atoms with Crippen molar-refractivity contribution in [3.63, 3.8) is 0 Å². The molecule has 0 atom stereocenters. The Balaban J connectivity index is 0.00000256. The summed E-state index contributed by atoms with van der Waals surface area (Å²) in [5.41, 5.74) is 5.71. The van der Waals surface area contributed by atoms with E-state index in [0.29, 0.717) is 31.8 Å². The second-order valence-corrected chi connectivity index (χ2v) is 3.81. The predicted octanol–water partition coefficient (Wildman–Crippen LogP) is 1.46. The Bertz CT molecular complexity index is 217. The van der Waals surface area contributed by atoms with Gasteiger partial charge in [0.15, 0.2) is 12.2 Å². The van der Waals surface area contributed by atoms with E-state index in [1.54, 1.807) is 0 Å². The van der Waals surface area contributed by atoms with E-state index in [2.05, 4.69) is 10.3 Å². The zero-order valence-electron chi connectivity index (χ0n) is 10.6. The van der Waals surface area contributed by atoms with Gasteiger partial charge in [-0.1, -0.05) is 0 Å². The van der Waals surface area contributed by atoms with Gasteiger partial charge >= 0.3 is 0 Å². The maximum atomic E-state index is 5.71. The largest absolute Gasteiger partial charge is 0.370 e. The van der Waals surface area contributed by atoms with Crippen LogP contribution in [0.25, 0.3) is 0 Å². The van der Waals surface area contributed by atoms with Crippen LogP contribution in [-0.2, 0) is 9.47 Å². The molecule has 0 aromatic carbocycles. The first-order valence-electron chi connectivity index (χ1n) is 6.05. The molecule has 0 heterocycles. The van der Waals surface area contributed by atoms with Crippen LogP contribution in [0.15, 0.2) is 4.99 Å². The van der Waals surface area contributed by atoms with Gasteiger partial charge < -0.3 is 20.5 Å². The van der Waals surface area contributed by atoms with Crippen LogP contribution in [0, 0.1) is 0 Å². The van der Waals surface area contributed by atoms with E-state index in [1.807, 2.05) is 13.8 Å². The summed E-state index contributed by atoms with van der Waals surface area (Å²) in [5.74, 6) is 0.536. The third-order valence-electron chi connectivity index (χ3n) is 2.28. The number of hydrogen-bond acceptors (Lipinski definition) is 3. The Morgan fingerprint density at radius 3 is 2.41 bits per heavy atom. The molecule has 102 valence electrons. The maximum absolute atomic E-state index is 5.71. The Morgan fingerprint density at radius 2 is 1.94 bits per heavy atom. The van der Waals surface area contributed by atoms with E-state index >= 15 is 0 Å². The molecular weight excluding hydrogens is 333 g/mol. The van der Waals surface area contributed by atoms with Gasteiger partial charge in [0.2, 0.25) is 0 Å². The first kappa shape index (κ1) is 16.9. The van der Waals surface area contributed by atoms with E-state index in [-0.39, 0.29) is 30.3 Å². The average molecular weight is 357 g/mol. The number of hydrogen-bond donors (Lipinski definition) is 2. The Hall–Kier alpha value is -0.0800. The Kier molecular flexibility index (Phi) is 9.85. The molecule has 0 aromatic heterocycles. The number of nitrogens with two attached hydrogens (primary N) is 1. The lowest BCUT2D eigenvalue weighted by Gasteiger charge is -2.15. The molecular formula is C11H24IN3O2. The molecule has 0 spiro atoms. The predicted molar refractivity (Wildman–Crippen MR) is 79.7 cm³/mol. The minimum atomic E-state index is -0.160. The summed E-state index contributed by atoms with van der Waals surface area (Å²) in [6.45, 7) is 5.86. The lowest BCUT2D eigenvalue weighted by molar-refractivity contribution is -0.137. The molecule has 0 saturated heterocycles. The second-order valence-electron chi connectivity index (χ2n) is 3.81. The molecule has 0 aromatic rings. The number of nitrogens with zero attached hydrogens (tertiary/aromatic N) is 1. The first-order chi connectivity index (χ1) is 7.76. The molecule has 1 aliphatic rings. The normalized spacial score (nSPS) is 15.8. The number of guanidine groups is 1. The van der Waals surface area contributed by atoms with Gasteiger partial charge in [0.25, 0.3) is 0 Å². The van der Waals surface area contributed by atoms with Gasteiger partial charge in [-0.15, -0.1) is 24.0 Å². The fourth-order valence-corrected chi connectivity index (χ4v) is 1.36. The lowest BCUT2D eigenvalue weighted by atomic mass is 10.4. The maximum Gasteiger partial charge on any atom is 0.188 e. The fourth-order valence-electron chi connectivity index (χ4n) is 1.36. The second kappa shape index (κ2) is 9.90. The molecule has 1 saturated carbocycles. The Labute approximate surface area is 121 Å². The van der Waals surface area contributed by atoms with Gasteiger partial charge in [-0.05, 0) is 26.7 Å². The number of halogens is 1. The van der Waals surface area contributed by atoms with Crippen molar-refractivity contribution in [1.29, 1.82) is 0 Å². The highest BCUT2D eigenvalue weighted by Gasteiger charge is 2.21. The third kappa shape index (κ3) is 8.62. The molecule has 1 rings (SSSR count). The van der Waals surface area contributed by atoms with Crippen LogP contribution in [0.3, 0.4) is 0 Å². The summed E-state index contributed by atoms with van der Waals surface area (Å²) in [6, 6.07) is 0.554. The van der Waals surface area contributed by atoms with Crippen molar-refractivity contribution in [2.45, 2.75) is 45.4 Å². The summed E-state index contributed by atoms with van der Waals surface area (Å²) in [4.78, 5) is 4.23. The van der Waals surface area contributed by atoms with Crippen LogP contribution in [0.4, 0.5) is 0 Å². The molecule has 6 heteroatoms. The van der Waals surface area contributed by atoms with Crippen LogP contribution in [0.1, 0.15) is 33.1 Å². The molecule has 0 radical (unpaired) electrons. The van der Waals surface area contributed by atoms with Crippen molar-refractivity contribution in [2.75, 3.05) is 19.8 Å². The van der Waals surface area contributed by atoms with Gasteiger partial charge in [0.1, 0.15) is 0 Å². The quantitative estimate of drug-likeness (QED) is 0.299. The van der Waals surface area contributed by atoms with Crippen molar-refractivity contribution >= 4 is 29.9 Å². The molecule has 17 heavy (non-hydrogen) atoms. The third-order valence-corrected chi connectivity index (χ3v) is 2.28. The molecule has 0 aliphatic heterocycles. The number of rotatable bonds is 8. The topological polar surface area (TPSA) is 68.9 Å². The SMILES string of the molecule is CCOC(CCN=C(N)NC1CC1)OCC.I. The summed E-state index contributed by atoms with van der Waals surface area (Å²) in [7, 11) is 0. The highest BCUT2D eigenvalue weighted by atomic mass is 127. The molecule has 0 unspecified atom stereocenters. The number of aliphatic imine (C=N–C) groups is 1. The molecule has 3 N–H and O–H groups in total. The average Bonchev–Trinajstić information content (AvgIpc) is 3.02. The molecule has 5 nitrogen and oxygen atoms in total. The van der Waals surface area contributed by atoms with E-state index in [1.165, 1.54) is 12.8 Å². The van der Waals surface area contributed by atoms with E-state index < -0.39 is 0 Å². The van der Waals surface area contributed by atoms with Crippen LogP contribution in [0.5, 0.6) is 0 Å². The van der Waals surface area contributed by atoms with Gasteiger partial charge in [0.05, 0.1) is 0 Å². The zero-order valence-corrected chi connectivity index (χ0v) is 13.0. The molecule has 1 aliphatic carbocycles. The fraction of sp³-hybridized carbons (Fsp3) is 0.909. The van der Waals surface area contributed by atoms with E-state index in [0.717, 1.165) is 6.42 Å². The minimum absolute atomic E-state index is 0. The monoisotopic (exact) mass is 357 g/mol. The van der Waals surface area contributed by atoms with Crippen LogP contribution >= 0.6 is 24.0 Å². The summed E-state index contributed by atoms with van der Waals surface area (Å²) in [6.07, 6.45) is 3.00. The van der Waals surface area contributed by atoms with E-state index in [4.69, 9.17) is 15.2 Å². The number of nitrogens with one attached hydrogen (secondary N) is 1. The highest BCUT2D eigenvalue weighted by Crippen LogP contribution is 2.17. The van der Waals surface area contributed by atoms with Crippen molar-refractivity contribution < 1.29 is 9.47 Å². The minimum Gasteiger partial charge on any atom is -0.370 e. The first-order valence-corrected chi connectivity index (χ1v) is 6.05. The van der Waals surface area contributed by atoms with Gasteiger partial charge in [0, 0.05) is 32.2 Å². The van der Waals surface area contributed by atoms with E-state index in [9.17, 15) is 0 Å². The summed E-state index contributed by atoms with van der Waals surface area (Å²) in [5, 5.41) is 3.14. The van der Waals surface area contributed by atoms with Crippen LogP contribution < -0.4 is 11.1 Å². The van der Waals surface area contributed by atoms with Crippen molar-refractivity contribution in [3.8, 4) is 0 Å². The summed E-state index contributed by atoms with van der Waals surface area (Å²) >= 11 is 0. The van der Waals surface area contributed by atoms with Crippen molar-refractivity contribution in [3.05, 3.63) is 0 Å². The molecule has 0 amide bonds. The smallest absolute Gasteiger partial charge is 0.188 e. The zero-order chi connectivity index (χ0) is 11.8. The lowest BCUT2D eigenvalue weighted by Crippen LogP contribution is -2.33.